The summed E-state index contributed by atoms with van der Waals surface area (Å²) in [5.74, 6) is -2.56. The number of pyridine rings is 1. The molecule has 2 aromatic carbocycles. The quantitative estimate of drug-likeness (QED) is 0.137. The van der Waals surface area contributed by atoms with Crippen LogP contribution in [-0.2, 0) is 19.1 Å². The van der Waals surface area contributed by atoms with E-state index in [0.29, 0.717) is 17.7 Å². The summed E-state index contributed by atoms with van der Waals surface area (Å²) < 4.78 is 10.3. The van der Waals surface area contributed by atoms with Crippen LogP contribution in [0.25, 0.3) is 0 Å². The van der Waals surface area contributed by atoms with Crippen molar-refractivity contribution in [1.82, 2.24) is 4.98 Å². The van der Waals surface area contributed by atoms with Crippen molar-refractivity contribution < 1.29 is 24.3 Å². The lowest BCUT2D eigenvalue weighted by atomic mass is 9.82. The van der Waals surface area contributed by atoms with Gasteiger partial charge < -0.3 is 14.7 Å². The second-order valence-corrected chi connectivity index (χ2v) is 8.45. The van der Waals surface area contributed by atoms with Crippen molar-refractivity contribution in [2.45, 2.75) is 46.0 Å². The Morgan fingerprint density at radius 2 is 1.53 bits per heavy atom. The molecule has 0 fully saturated rings. The number of aromatic nitrogens is 1. The lowest BCUT2D eigenvalue weighted by Gasteiger charge is -2.22. The Morgan fingerprint density at radius 1 is 0.917 bits per heavy atom. The third kappa shape index (κ3) is 6.36. The zero-order valence-electron chi connectivity index (χ0n) is 21.1. The van der Waals surface area contributed by atoms with E-state index in [1.165, 1.54) is 0 Å². The summed E-state index contributed by atoms with van der Waals surface area (Å²) in [5, 5.41) is 13.5. The number of hydrogen-bond acceptors (Lipinski definition) is 7. The van der Waals surface area contributed by atoms with Crippen LogP contribution < -0.4 is 0 Å². The van der Waals surface area contributed by atoms with E-state index in [9.17, 15) is 14.8 Å². The van der Waals surface area contributed by atoms with Crippen LogP contribution in [0, 0.1) is 13.8 Å². The highest BCUT2D eigenvalue weighted by atomic mass is 16.6. The van der Waals surface area contributed by atoms with Gasteiger partial charge in [0.05, 0.1) is 18.9 Å². The summed E-state index contributed by atoms with van der Waals surface area (Å²) in [5.41, 5.74) is 5.80. The van der Waals surface area contributed by atoms with Gasteiger partial charge in [-0.1, -0.05) is 53.7 Å². The summed E-state index contributed by atoms with van der Waals surface area (Å²) in [7, 11) is 0. The van der Waals surface area contributed by atoms with E-state index in [1.807, 2.05) is 56.3 Å². The minimum atomic E-state index is -1.15. The van der Waals surface area contributed by atoms with Crippen LogP contribution in [0.5, 0.6) is 0 Å². The van der Waals surface area contributed by atoms with Gasteiger partial charge in [-0.25, -0.2) is 0 Å². The molecule has 0 saturated heterocycles. The number of carbonyl (C=O) groups excluding carboxylic acids is 2. The molecule has 0 unspecified atom stereocenters. The Bertz CT molecular complexity index is 1200. The van der Waals surface area contributed by atoms with Gasteiger partial charge in [0.2, 0.25) is 0 Å². The highest BCUT2D eigenvalue weighted by Gasteiger charge is 2.31. The second-order valence-electron chi connectivity index (χ2n) is 8.45. The molecule has 188 valence electrons. The van der Waals surface area contributed by atoms with E-state index in [2.05, 4.69) is 16.2 Å². The number of aryl methyl sites for hydroxylation is 2. The van der Waals surface area contributed by atoms with Crippen molar-refractivity contribution in [1.29, 1.82) is 0 Å². The molecule has 1 aromatic heterocycles. The number of esters is 2. The lowest BCUT2D eigenvalue weighted by molar-refractivity contribution is -0.156. The zero-order valence-corrected chi connectivity index (χ0v) is 21.1. The van der Waals surface area contributed by atoms with Gasteiger partial charge in [-0.3, -0.25) is 14.6 Å². The van der Waals surface area contributed by atoms with E-state index < -0.39 is 17.9 Å². The van der Waals surface area contributed by atoms with E-state index in [-0.39, 0.29) is 19.1 Å². The predicted octanol–water partition coefficient (Wildman–Crippen LogP) is 5.31. The second kappa shape index (κ2) is 12.6. The smallest absolute Gasteiger partial charge is 0.324 e. The van der Waals surface area contributed by atoms with Gasteiger partial charge in [0.15, 0.2) is 5.92 Å². The Kier molecular flexibility index (Phi) is 9.33. The summed E-state index contributed by atoms with van der Waals surface area (Å²) in [4.78, 5) is 29.3. The van der Waals surface area contributed by atoms with E-state index >= 15 is 0 Å². The van der Waals surface area contributed by atoms with Gasteiger partial charge in [-0.05, 0) is 62.1 Å². The van der Waals surface area contributed by atoms with Gasteiger partial charge in [0, 0.05) is 29.8 Å². The van der Waals surface area contributed by atoms with Crippen LogP contribution in [0.4, 0.5) is 0 Å². The van der Waals surface area contributed by atoms with E-state index in [1.54, 1.807) is 32.2 Å². The lowest BCUT2D eigenvalue weighted by Crippen LogP contribution is -2.26. The first-order valence-corrected chi connectivity index (χ1v) is 12.0. The zero-order chi connectivity index (χ0) is 26.1. The van der Waals surface area contributed by atoms with Crippen molar-refractivity contribution >= 4 is 17.7 Å². The van der Waals surface area contributed by atoms with Crippen molar-refractivity contribution in [3.63, 3.8) is 0 Å². The fraction of sp³-hybridized carbons (Fsp3) is 0.310. The third-order valence-corrected chi connectivity index (χ3v) is 6.03. The van der Waals surface area contributed by atoms with Crippen molar-refractivity contribution in [3.05, 3.63) is 100 Å². The number of carbonyl (C=O) groups is 2. The van der Waals surface area contributed by atoms with Crippen LogP contribution in [0.1, 0.15) is 65.6 Å². The Balaban J connectivity index is 2.01. The average Bonchev–Trinajstić information content (AvgIpc) is 2.86. The number of benzene rings is 2. The summed E-state index contributed by atoms with van der Waals surface area (Å²) in [6, 6.07) is 19.1. The topological polar surface area (TPSA) is 98.1 Å². The van der Waals surface area contributed by atoms with Crippen molar-refractivity contribution in [2.24, 2.45) is 5.16 Å². The van der Waals surface area contributed by atoms with Gasteiger partial charge in [0.1, 0.15) is 0 Å². The number of ether oxygens (including phenoxy) is 2. The Hall–Kier alpha value is -4.00. The number of hydrogen-bond donors (Lipinski definition) is 1. The van der Waals surface area contributed by atoms with Crippen molar-refractivity contribution in [2.75, 3.05) is 13.2 Å². The van der Waals surface area contributed by atoms with E-state index in [0.717, 1.165) is 27.9 Å². The number of rotatable bonds is 10. The molecular weight excluding hydrogens is 456 g/mol. The van der Waals surface area contributed by atoms with Gasteiger partial charge in [-0.2, -0.15) is 0 Å². The first kappa shape index (κ1) is 26.6. The Labute approximate surface area is 211 Å². The molecule has 36 heavy (non-hydrogen) atoms. The van der Waals surface area contributed by atoms with Crippen LogP contribution in [0.2, 0.25) is 0 Å². The van der Waals surface area contributed by atoms with Crippen molar-refractivity contribution in [3.8, 4) is 0 Å². The molecule has 0 radical (unpaired) electrons. The maximum Gasteiger partial charge on any atom is 0.324 e. The molecule has 7 nitrogen and oxygen atoms in total. The maximum absolute atomic E-state index is 12.5. The first-order valence-electron chi connectivity index (χ1n) is 12.0. The summed E-state index contributed by atoms with van der Waals surface area (Å²) in [6.07, 6.45) is 2.13. The van der Waals surface area contributed by atoms with Crippen LogP contribution in [0.15, 0.2) is 72.0 Å². The molecule has 0 spiro atoms. The van der Waals surface area contributed by atoms with Gasteiger partial charge in [0.25, 0.3) is 0 Å². The monoisotopic (exact) mass is 488 g/mol. The molecule has 1 N–H and O–H groups in total. The fourth-order valence-corrected chi connectivity index (χ4v) is 4.26. The normalized spacial score (nSPS) is 12.3. The molecule has 1 atom stereocenters. The number of nitrogens with zero attached hydrogens (tertiary/aromatic N) is 2. The molecular formula is C29H32N2O5. The molecule has 0 amide bonds. The SMILES string of the molecule is CCOC(=O)C(C(=O)OCC)c1ccc([C@H](C/C(=N/O)c2ccnc(C)c2)c2ccccc2C)cc1. The van der Waals surface area contributed by atoms with Crippen LogP contribution in [-0.4, -0.2) is 41.1 Å². The molecule has 0 saturated carbocycles. The standard InChI is InChI=1S/C29H32N2O5/c1-5-35-28(32)27(29(33)36-6-2)22-13-11-21(12-14-22)25(24-10-8-7-9-19(24)3)18-26(31-34)23-15-16-30-20(4)17-23/h7-17,25,27,34H,5-6,18H2,1-4H3/b31-26-/t25-/m0/s1. The summed E-state index contributed by atoms with van der Waals surface area (Å²) in [6.45, 7) is 7.65. The van der Waals surface area contributed by atoms with Gasteiger partial charge >= 0.3 is 11.9 Å². The molecule has 0 aliphatic carbocycles. The van der Waals surface area contributed by atoms with Crippen LogP contribution in [0.3, 0.4) is 0 Å². The Morgan fingerprint density at radius 3 is 2.08 bits per heavy atom. The fourth-order valence-electron chi connectivity index (χ4n) is 4.26. The summed E-state index contributed by atoms with van der Waals surface area (Å²) >= 11 is 0. The molecule has 0 aliphatic heterocycles. The molecule has 1 heterocycles. The third-order valence-electron chi connectivity index (χ3n) is 6.03. The highest BCUT2D eigenvalue weighted by Crippen LogP contribution is 2.33. The molecule has 7 heteroatoms. The first-order chi connectivity index (χ1) is 17.4. The minimum Gasteiger partial charge on any atom is -0.465 e. The molecule has 3 rings (SSSR count). The largest absolute Gasteiger partial charge is 0.465 e. The molecule has 0 bridgehead atoms. The maximum atomic E-state index is 12.5. The number of oxime groups is 1. The van der Waals surface area contributed by atoms with E-state index in [4.69, 9.17) is 9.47 Å². The highest BCUT2D eigenvalue weighted by molar-refractivity contribution is 6.01. The minimum absolute atomic E-state index is 0.136. The predicted molar refractivity (Wildman–Crippen MR) is 137 cm³/mol. The molecule has 0 aliphatic rings. The molecule has 3 aromatic rings. The van der Waals surface area contributed by atoms with Gasteiger partial charge in [-0.15, -0.1) is 0 Å². The van der Waals surface area contributed by atoms with Crippen LogP contribution >= 0.6 is 0 Å². The average molecular weight is 489 g/mol.